The predicted octanol–water partition coefficient (Wildman–Crippen LogP) is 1.82. The number of hydroxylamine groups is 2. The van der Waals surface area contributed by atoms with E-state index < -0.39 is 5.92 Å². The first-order valence-electron chi connectivity index (χ1n) is 7.80. The number of hydrogen-bond donors (Lipinski definition) is 1. The van der Waals surface area contributed by atoms with E-state index in [1.165, 1.54) is 4.90 Å². The quantitative estimate of drug-likeness (QED) is 0.400. The zero-order valence-electron chi connectivity index (χ0n) is 13.0. The molecule has 1 rings (SSSR count). The molecular weight excluding hydrogens is 272 g/mol. The van der Waals surface area contributed by atoms with E-state index in [0.717, 1.165) is 32.1 Å². The van der Waals surface area contributed by atoms with Gasteiger partial charge in [0.05, 0.1) is 12.5 Å². The van der Waals surface area contributed by atoms with Crippen molar-refractivity contribution < 1.29 is 19.6 Å². The molecule has 0 aromatic rings. The summed E-state index contributed by atoms with van der Waals surface area (Å²) >= 11 is 0. The van der Waals surface area contributed by atoms with Crippen molar-refractivity contribution in [2.45, 2.75) is 52.4 Å². The molecule has 1 saturated heterocycles. The van der Waals surface area contributed by atoms with Gasteiger partial charge in [-0.2, -0.15) is 0 Å². The maximum Gasteiger partial charge on any atom is 0.234 e. The lowest BCUT2D eigenvalue weighted by atomic mass is 9.90. The van der Waals surface area contributed by atoms with Crippen molar-refractivity contribution in [2.75, 3.05) is 13.1 Å². The molecule has 0 aromatic carbocycles. The molecule has 21 heavy (non-hydrogen) atoms. The Kier molecular flexibility index (Phi) is 7.36. The van der Waals surface area contributed by atoms with E-state index in [2.05, 4.69) is 6.92 Å². The number of amides is 3. The number of rotatable bonds is 9. The minimum absolute atomic E-state index is 0.0256. The Morgan fingerprint density at radius 2 is 2.05 bits per heavy atom. The number of unbranched alkanes of at least 4 members (excludes halogenated alkanes) is 2. The Labute approximate surface area is 126 Å². The van der Waals surface area contributed by atoms with Crippen molar-refractivity contribution in [1.29, 1.82) is 0 Å². The molecule has 0 aliphatic carbocycles. The largest absolute Gasteiger partial charge is 0.286 e. The van der Waals surface area contributed by atoms with Crippen LogP contribution in [0.5, 0.6) is 0 Å². The van der Waals surface area contributed by atoms with E-state index in [4.69, 9.17) is 0 Å². The topological polar surface area (TPSA) is 77.9 Å². The van der Waals surface area contributed by atoms with E-state index >= 15 is 0 Å². The number of imide groups is 1. The van der Waals surface area contributed by atoms with Crippen molar-refractivity contribution >= 4 is 18.2 Å². The van der Waals surface area contributed by atoms with Crippen molar-refractivity contribution in [2.24, 2.45) is 11.8 Å². The van der Waals surface area contributed by atoms with Gasteiger partial charge in [0.2, 0.25) is 18.2 Å². The third-order valence-electron chi connectivity index (χ3n) is 4.05. The molecule has 0 aromatic heterocycles. The molecule has 2 unspecified atom stereocenters. The van der Waals surface area contributed by atoms with Crippen LogP contribution in [0.15, 0.2) is 0 Å². The Balaban J connectivity index is 2.74. The number of hydrogen-bond acceptors (Lipinski definition) is 4. The standard InChI is InChI=1S/C15H26N2O4/c1-3-5-7-12-9-17(14(19)8-6-4-2)15(20)13(12)10-16(21)11-18/h11-13,21H,3-10H2,1-2H3. The molecule has 1 heterocycles. The van der Waals surface area contributed by atoms with Crippen molar-refractivity contribution in [1.82, 2.24) is 9.96 Å². The van der Waals surface area contributed by atoms with Gasteiger partial charge in [0.1, 0.15) is 0 Å². The summed E-state index contributed by atoms with van der Waals surface area (Å²) < 4.78 is 0. The van der Waals surface area contributed by atoms with E-state index in [-0.39, 0.29) is 24.3 Å². The number of nitrogens with zero attached hydrogens (tertiary/aromatic N) is 2. The average molecular weight is 298 g/mol. The van der Waals surface area contributed by atoms with Gasteiger partial charge in [0, 0.05) is 13.0 Å². The first kappa shape index (κ1) is 17.6. The first-order chi connectivity index (χ1) is 10.0. The fraction of sp³-hybridized carbons (Fsp3) is 0.800. The van der Waals surface area contributed by atoms with Gasteiger partial charge in [-0.25, -0.2) is 5.06 Å². The van der Waals surface area contributed by atoms with Gasteiger partial charge in [0.25, 0.3) is 0 Å². The van der Waals surface area contributed by atoms with Gasteiger partial charge >= 0.3 is 0 Å². The SMILES string of the molecule is CCCCC(=O)N1CC(CCCC)C(CN(O)C=O)C1=O. The maximum absolute atomic E-state index is 12.4. The summed E-state index contributed by atoms with van der Waals surface area (Å²) in [5, 5.41) is 9.86. The minimum atomic E-state index is -0.475. The molecule has 0 spiro atoms. The molecular formula is C15H26N2O4. The van der Waals surface area contributed by atoms with Gasteiger partial charge in [-0.05, 0) is 18.8 Å². The fourth-order valence-electron chi connectivity index (χ4n) is 2.77. The van der Waals surface area contributed by atoms with Crippen LogP contribution in [0.4, 0.5) is 0 Å². The summed E-state index contributed by atoms with van der Waals surface area (Å²) in [5.41, 5.74) is 0. The molecule has 2 atom stereocenters. The lowest BCUT2D eigenvalue weighted by molar-refractivity contribution is -0.156. The lowest BCUT2D eigenvalue weighted by Gasteiger charge is -2.18. The normalized spacial score (nSPS) is 21.7. The molecule has 0 bridgehead atoms. The lowest BCUT2D eigenvalue weighted by Crippen LogP contribution is -2.36. The van der Waals surface area contributed by atoms with Crippen LogP contribution in [0, 0.1) is 11.8 Å². The van der Waals surface area contributed by atoms with Crippen LogP contribution in [0.2, 0.25) is 0 Å². The molecule has 1 fully saturated rings. The van der Waals surface area contributed by atoms with Crippen LogP contribution in [0.1, 0.15) is 52.4 Å². The van der Waals surface area contributed by atoms with Gasteiger partial charge in [-0.15, -0.1) is 0 Å². The zero-order chi connectivity index (χ0) is 15.8. The fourth-order valence-corrected chi connectivity index (χ4v) is 2.77. The summed E-state index contributed by atoms with van der Waals surface area (Å²) in [6, 6.07) is 0. The van der Waals surface area contributed by atoms with Crippen molar-refractivity contribution in [3.05, 3.63) is 0 Å². The van der Waals surface area contributed by atoms with Crippen LogP contribution < -0.4 is 0 Å². The molecule has 120 valence electrons. The smallest absolute Gasteiger partial charge is 0.234 e. The van der Waals surface area contributed by atoms with E-state index in [0.29, 0.717) is 24.4 Å². The Bertz CT molecular complexity index is 373. The molecule has 1 aliphatic heterocycles. The second-order valence-corrected chi connectivity index (χ2v) is 5.68. The van der Waals surface area contributed by atoms with Crippen LogP contribution in [0.25, 0.3) is 0 Å². The molecule has 6 nitrogen and oxygen atoms in total. The molecule has 6 heteroatoms. The monoisotopic (exact) mass is 298 g/mol. The third-order valence-corrected chi connectivity index (χ3v) is 4.05. The summed E-state index contributed by atoms with van der Waals surface area (Å²) in [7, 11) is 0. The molecule has 0 radical (unpaired) electrons. The average Bonchev–Trinajstić information content (AvgIpc) is 2.79. The Morgan fingerprint density at radius 1 is 1.38 bits per heavy atom. The minimum Gasteiger partial charge on any atom is -0.286 e. The second kappa shape index (κ2) is 8.77. The second-order valence-electron chi connectivity index (χ2n) is 5.68. The van der Waals surface area contributed by atoms with Crippen molar-refractivity contribution in [3.63, 3.8) is 0 Å². The summed E-state index contributed by atoms with van der Waals surface area (Å²) in [6.07, 6.45) is 5.17. The van der Waals surface area contributed by atoms with Crippen LogP contribution in [-0.4, -0.2) is 46.5 Å². The Hall–Kier alpha value is -1.43. The first-order valence-corrected chi connectivity index (χ1v) is 7.80. The highest BCUT2D eigenvalue weighted by atomic mass is 16.5. The van der Waals surface area contributed by atoms with Gasteiger partial charge in [-0.3, -0.25) is 24.5 Å². The zero-order valence-corrected chi connectivity index (χ0v) is 13.0. The van der Waals surface area contributed by atoms with E-state index in [1.54, 1.807) is 0 Å². The molecule has 1 aliphatic rings. The highest BCUT2D eigenvalue weighted by molar-refractivity contribution is 5.98. The summed E-state index contributed by atoms with van der Waals surface area (Å²) in [5.74, 6) is -0.838. The maximum atomic E-state index is 12.4. The third kappa shape index (κ3) is 4.81. The number of carbonyl (C=O) groups excluding carboxylic acids is 3. The van der Waals surface area contributed by atoms with Crippen LogP contribution in [0.3, 0.4) is 0 Å². The van der Waals surface area contributed by atoms with E-state index in [9.17, 15) is 19.6 Å². The highest BCUT2D eigenvalue weighted by Gasteiger charge is 2.42. The van der Waals surface area contributed by atoms with Gasteiger partial charge in [0.15, 0.2) is 0 Å². The Morgan fingerprint density at radius 3 is 2.62 bits per heavy atom. The van der Waals surface area contributed by atoms with Gasteiger partial charge in [-0.1, -0.05) is 33.1 Å². The van der Waals surface area contributed by atoms with Crippen molar-refractivity contribution in [3.8, 4) is 0 Å². The number of likely N-dealkylation sites (tertiary alicyclic amines) is 1. The molecule has 3 amide bonds. The highest BCUT2D eigenvalue weighted by Crippen LogP contribution is 2.30. The molecule has 0 saturated carbocycles. The summed E-state index contributed by atoms with van der Waals surface area (Å²) in [6.45, 7) is 4.45. The predicted molar refractivity (Wildman–Crippen MR) is 77.3 cm³/mol. The summed E-state index contributed by atoms with van der Waals surface area (Å²) in [4.78, 5) is 36.4. The number of carbonyl (C=O) groups is 3. The van der Waals surface area contributed by atoms with E-state index in [1.807, 2.05) is 6.92 Å². The van der Waals surface area contributed by atoms with Gasteiger partial charge < -0.3 is 0 Å². The molecule has 1 N–H and O–H groups in total. The van der Waals surface area contributed by atoms with Crippen LogP contribution >= 0.6 is 0 Å². The van der Waals surface area contributed by atoms with Crippen LogP contribution in [-0.2, 0) is 14.4 Å².